The Balaban J connectivity index is 1.44. The molecule has 1 saturated heterocycles. The lowest BCUT2D eigenvalue weighted by Crippen LogP contribution is -2.38. The van der Waals surface area contributed by atoms with E-state index in [9.17, 15) is 0 Å². The lowest BCUT2D eigenvalue weighted by molar-refractivity contribution is -0.0373. The van der Waals surface area contributed by atoms with E-state index in [1.54, 1.807) is 0 Å². The molecule has 4 heterocycles. The molecule has 1 N–H and O–H groups in total. The van der Waals surface area contributed by atoms with Crippen molar-refractivity contribution < 1.29 is 4.74 Å². The van der Waals surface area contributed by atoms with Crippen LogP contribution in [0.3, 0.4) is 0 Å². The number of nitrogens with zero attached hydrogens (tertiary/aromatic N) is 5. The number of hydrogen-bond donors (Lipinski definition) is 1. The van der Waals surface area contributed by atoms with Crippen molar-refractivity contribution in [3.63, 3.8) is 0 Å². The molecule has 0 aliphatic carbocycles. The summed E-state index contributed by atoms with van der Waals surface area (Å²) in [5.41, 5.74) is 2.05. The van der Waals surface area contributed by atoms with E-state index in [1.807, 2.05) is 24.4 Å². The number of nitrogens with one attached hydrogen (secondary N) is 1. The van der Waals surface area contributed by atoms with Crippen LogP contribution < -0.4 is 0 Å². The second-order valence-corrected chi connectivity index (χ2v) is 6.18. The van der Waals surface area contributed by atoms with Gasteiger partial charge in [-0.05, 0) is 18.6 Å². The van der Waals surface area contributed by atoms with Crippen LogP contribution in [0.25, 0.3) is 5.65 Å². The third-order valence-electron chi connectivity index (χ3n) is 4.27. The fourth-order valence-electron chi connectivity index (χ4n) is 3.10. The quantitative estimate of drug-likeness (QED) is 0.776. The van der Waals surface area contributed by atoms with Gasteiger partial charge in [0.1, 0.15) is 17.6 Å². The third kappa shape index (κ3) is 3.18. The molecule has 7 heteroatoms. The van der Waals surface area contributed by atoms with Gasteiger partial charge in [-0.1, -0.05) is 13.0 Å². The van der Waals surface area contributed by atoms with Gasteiger partial charge in [0.05, 0.1) is 12.3 Å². The van der Waals surface area contributed by atoms with Crippen LogP contribution in [-0.4, -0.2) is 49.2 Å². The highest BCUT2D eigenvalue weighted by Crippen LogP contribution is 2.20. The largest absolute Gasteiger partial charge is 0.367 e. The normalized spacial score (nSPS) is 19.1. The molecular weight excluding hydrogens is 304 g/mol. The Kier molecular flexibility index (Phi) is 4.27. The molecule has 0 bridgehead atoms. The van der Waals surface area contributed by atoms with E-state index in [1.165, 1.54) is 0 Å². The topological polar surface area (TPSA) is 71.3 Å². The van der Waals surface area contributed by atoms with Gasteiger partial charge in [-0.2, -0.15) is 5.10 Å². The van der Waals surface area contributed by atoms with E-state index in [2.05, 4.69) is 42.6 Å². The fraction of sp³-hybridized carbons (Fsp3) is 0.471. The summed E-state index contributed by atoms with van der Waals surface area (Å²) in [4.78, 5) is 11.6. The number of rotatable bonds is 5. The number of imidazole rings is 1. The van der Waals surface area contributed by atoms with Crippen LogP contribution in [0.1, 0.15) is 36.8 Å². The highest BCUT2D eigenvalue weighted by Gasteiger charge is 2.25. The van der Waals surface area contributed by atoms with Crippen molar-refractivity contribution in [3.8, 4) is 0 Å². The molecule has 0 spiro atoms. The Morgan fingerprint density at radius 3 is 3.17 bits per heavy atom. The summed E-state index contributed by atoms with van der Waals surface area (Å²) in [6, 6.07) is 6.04. The second kappa shape index (κ2) is 6.70. The maximum atomic E-state index is 5.87. The van der Waals surface area contributed by atoms with Crippen LogP contribution in [0.2, 0.25) is 0 Å². The zero-order valence-electron chi connectivity index (χ0n) is 13.9. The maximum Gasteiger partial charge on any atom is 0.180 e. The predicted molar refractivity (Wildman–Crippen MR) is 89.5 cm³/mol. The molecule has 0 saturated carbocycles. The summed E-state index contributed by atoms with van der Waals surface area (Å²) in [7, 11) is 0. The Labute approximate surface area is 140 Å². The van der Waals surface area contributed by atoms with Crippen LogP contribution in [0.15, 0.2) is 30.6 Å². The number of aromatic amines is 1. The van der Waals surface area contributed by atoms with Crippen LogP contribution in [0.4, 0.5) is 0 Å². The predicted octanol–water partition coefficient (Wildman–Crippen LogP) is 1.98. The highest BCUT2D eigenvalue weighted by molar-refractivity contribution is 5.39. The number of pyridine rings is 1. The van der Waals surface area contributed by atoms with E-state index in [-0.39, 0.29) is 6.10 Å². The number of fused-ring (bicyclic) bond motifs is 1. The highest BCUT2D eigenvalue weighted by atomic mass is 16.5. The number of morpholine rings is 1. The van der Waals surface area contributed by atoms with Gasteiger partial charge in [-0.25, -0.2) is 9.97 Å². The first kappa shape index (κ1) is 15.3. The molecule has 0 aromatic carbocycles. The molecule has 7 nitrogen and oxygen atoms in total. The third-order valence-corrected chi connectivity index (χ3v) is 4.27. The van der Waals surface area contributed by atoms with E-state index < -0.39 is 0 Å². The van der Waals surface area contributed by atoms with Gasteiger partial charge < -0.3 is 9.14 Å². The van der Waals surface area contributed by atoms with Crippen LogP contribution in [0.5, 0.6) is 0 Å². The first-order valence-electron chi connectivity index (χ1n) is 8.49. The van der Waals surface area contributed by atoms with Gasteiger partial charge >= 0.3 is 0 Å². The van der Waals surface area contributed by atoms with E-state index in [0.717, 1.165) is 55.5 Å². The minimum Gasteiger partial charge on any atom is -0.367 e. The van der Waals surface area contributed by atoms with Gasteiger partial charge in [-0.3, -0.25) is 10.00 Å². The van der Waals surface area contributed by atoms with Crippen LogP contribution >= 0.6 is 0 Å². The second-order valence-electron chi connectivity index (χ2n) is 6.18. The molecular formula is C17H22N6O. The van der Waals surface area contributed by atoms with Crippen molar-refractivity contribution in [1.29, 1.82) is 0 Å². The number of H-pyrrole nitrogens is 1. The Morgan fingerprint density at radius 2 is 2.29 bits per heavy atom. The molecule has 126 valence electrons. The van der Waals surface area contributed by atoms with Crippen molar-refractivity contribution in [2.45, 2.75) is 32.4 Å². The van der Waals surface area contributed by atoms with Gasteiger partial charge in [0.15, 0.2) is 5.82 Å². The Morgan fingerprint density at radius 1 is 1.33 bits per heavy atom. The Hall–Kier alpha value is -2.25. The molecule has 0 unspecified atom stereocenters. The van der Waals surface area contributed by atoms with Gasteiger partial charge in [0.25, 0.3) is 0 Å². The molecule has 1 atom stereocenters. The van der Waals surface area contributed by atoms with Crippen LogP contribution in [0, 0.1) is 0 Å². The van der Waals surface area contributed by atoms with Gasteiger partial charge in [0, 0.05) is 38.4 Å². The number of aromatic nitrogens is 5. The zero-order valence-corrected chi connectivity index (χ0v) is 13.9. The summed E-state index contributed by atoms with van der Waals surface area (Å²) in [6.45, 7) is 5.33. The minimum absolute atomic E-state index is 0.0716. The first-order valence-corrected chi connectivity index (χ1v) is 8.49. The average Bonchev–Trinajstić information content (AvgIpc) is 3.21. The lowest BCUT2D eigenvalue weighted by Gasteiger charge is -2.30. The maximum absolute atomic E-state index is 5.87. The summed E-state index contributed by atoms with van der Waals surface area (Å²) in [5, 5.41) is 7.34. The van der Waals surface area contributed by atoms with Gasteiger partial charge in [-0.15, -0.1) is 0 Å². The summed E-state index contributed by atoms with van der Waals surface area (Å²) < 4.78 is 7.93. The standard InChI is InChI=1S/C17H22N6O/c1-2-5-15-19-17(21-20-15)14-12-22(8-9-24-14)10-13-11-23-7-4-3-6-16(23)18-13/h3-4,6-7,11,14H,2,5,8-10,12H2,1H3,(H,19,20,21)/t14-/m0/s1. The Bertz CT molecular complexity index is 777. The number of aryl methyl sites for hydroxylation is 1. The monoisotopic (exact) mass is 326 g/mol. The van der Waals surface area contributed by atoms with E-state index >= 15 is 0 Å². The molecule has 0 radical (unpaired) electrons. The molecule has 3 aromatic rings. The summed E-state index contributed by atoms with van der Waals surface area (Å²) in [6.07, 6.45) is 6.02. The molecule has 4 rings (SSSR count). The first-order chi connectivity index (χ1) is 11.8. The van der Waals surface area contributed by atoms with Crippen molar-refractivity contribution >= 4 is 5.65 Å². The van der Waals surface area contributed by atoms with Crippen molar-refractivity contribution in [1.82, 2.24) is 29.5 Å². The minimum atomic E-state index is -0.0716. The molecule has 1 aliphatic rings. The number of hydrogen-bond acceptors (Lipinski definition) is 5. The van der Waals surface area contributed by atoms with Crippen molar-refractivity contribution in [3.05, 3.63) is 47.9 Å². The smallest absolute Gasteiger partial charge is 0.180 e. The van der Waals surface area contributed by atoms with E-state index in [0.29, 0.717) is 6.61 Å². The molecule has 3 aromatic heterocycles. The fourth-order valence-corrected chi connectivity index (χ4v) is 3.10. The van der Waals surface area contributed by atoms with Crippen LogP contribution in [-0.2, 0) is 17.7 Å². The molecule has 0 amide bonds. The zero-order chi connectivity index (χ0) is 16.4. The van der Waals surface area contributed by atoms with Crippen molar-refractivity contribution in [2.75, 3.05) is 19.7 Å². The van der Waals surface area contributed by atoms with Gasteiger partial charge in [0.2, 0.25) is 0 Å². The molecule has 1 aliphatic heterocycles. The lowest BCUT2D eigenvalue weighted by atomic mass is 10.2. The summed E-state index contributed by atoms with van der Waals surface area (Å²) in [5.74, 6) is 1.70. The molecule has 1 fully saturated rings. The average molecular weight is 326 g/mol. The molecule has 24 heavy (non-hydrogen) atoms. The summed E-state index contributed by atoms with van der Waals surface area (Å²) >= 11 is 0. The SMILES string of the molecule is CCCc1nc([C@@H]2CN(Cc3cn4ccccc4n3)CCO2)n[nH]1. The van der Waals surface area contributed by atoms with Crippen molar-refractivity contribution in [2.24, 2.45) is 0 Å². The van der Waals surface area contributed by atoms with E-state index in [4.69, 9.17) is 4.74 Å². The number of ether oxygens (including phenoxy) is 1.